The van der Waals surface area contributed by atoms with E-state index in [0.29, 0.717) is 5.75 Å². The van der Waals surface area contributed by atoms with Crippen LogP contribution in [0.3, 0.4) is 0 Å². The average Bonchev–Trinajstić information content (AvgIpc) is 2.40. The monoisotopic (exact) mass is 245 g/mol. The van der Waals surface area contributed by atoms with E-state index in [1.807, 2.05) is 13.0 Å². The van der Waals surface area contributed by atoms with E-state index in [0.717, 1.165) is 11.3 Å². The van der Waals surface area contributed by atoms with E-state index in [2.05, 4.69) is 15.3 Å². The Morgan fingerprint density at radius 3 is 2.67 bits per heavy atom. The van der Waals surface area contributed by atoms with E-state index in [9.17, 15) is 5.11 Å². The van der Waals surface area contributed by atoms with Gasteiger partial charge >= 0.3 is 0 Å². The van der Waals surface area contributed by atoms with Gasteiger partial charge in [-0.3, -0.25) is 0 Å². The maximum absolute atomic E-state index is 9.54. The quantitative estimate of drug-likeness (QED) is 0.865. The number of benzene rings is 1. The van der Waals surface area contributed by atoms with Gasteiger partial charge in [-0.2, -0.15) is 0 Å². The molecule has 0 saturated carbocycles. The normalized spacial score (nSPS) is 11.9. The van der Waals surface area contributed by atoms with Crippen LogP contribution in [0.25, 0.3) is 0 Å². The third-order valence-corrected chi connectivity index (χ3v) is 2.65. The van der Waals surface area contributed by atoms with Crippen molar-refractivity contribution in [1.29, 1.82) is 0 Å². The molecule has 5 heteroatoms. The minimum atomic E-state index is 0.0606. The highest BCUT2D eigenvalue weighted by molar-refractivity contribution is 5.46. The van der Waals surface area contributed by atoms with E-state index in [1.165, 1.54) is 13.4 Å². The number of nitrogens with zero attached hydrogens (tertiary/aromatic N) is 2. The van der Waals surface area contributed by atoms with Gasteiger partial charge in [0, 0.05) is 6.04 Å². The zero-order chi connectivity index (χ0) is 13.0. The number of methoxy groups -OCH3 is 1. The van der Waals surface area contributed by atoms with Crippen LogP contribution in [0, 0.1) is 0 Å². The molecular formula is C13H15N3O2. The van der Waals surface area contributed by atoms with Crippen molar-refractivity contribution < 1.29 is 9.84 Å². The van der Waals surface area contributed by atoms with E-state index in [1.54, 1.807) is 24.5 Å². The van der Waals surface area contributed by atoms with Crippen molar-refractivity contribution in [3.63, 3.8) is 0 Å². The lowest BCUT2D eigenvalue weighted by atomic mass is 10.1. The summed E-state index contributed by atoms with van der Waals surface area (Å²) in [6.45, 7) is 2.01. The molecule has 0 aliphatic rings. The molecule has 94 valence electrons. The first-order chi connectivity index (χ1) is 8.70. The number of nitrogens with one attached hydrogen (secondary N) is 1. The summed E-state index contributed by atoms with van der Waals surface area (Å²) in [5, 5.41) is 12.8. The van der Waals surface area contributed by atoms with Gasteiger partial charge in [0.25, 0.3) is 0 Å². The minimum Gasteiger partial charge on any atom is -0.504 e. The van der Waals surface area contributed by atoms with Crippen LogP contribution in [0.4, 0.5) is 5.69 Å². The van der Waals surface area contributed by atoms with E-state index >= 15 is 0 Å². The fourth-order valence-corrected chi connectivity index (χ4v) is 1.67. The summed E-state index contributed by atoms with van der Waals surface area (Å²) >= 11 is 0. The Hall–Kier alpha value is -2.30. The second-order valence-corrected chi connectivity index (χ2v) is 3.92. The summed E-state index contributed by atoms with van der Waals surface area (Å²) < 4.78 is 5.08. The third-order valence-electron chi connectivity index (χ3n) is 2.65. The topological polar surface area (TPSA) is 67.3 Å². The molecule has 1 atom stereocenters. The zero-order valence-electron chi connectivity index (χ0n) is 10.3. The lowest BCUT2D eigenvalue weighted by molar-refractivity contribution is 0.373. The van der Waals surface area contributed by atoms with Gasteiger partial charge in [0.1, 0.15) is 6.33 Å². The van der Waals surface area contributed by atoms with Crippen LogP contribution in [-0.4, -0.2) is 22.2 Å². The van der Waals surface area contributed by atoms with Crippen molar-refractivity contribution in [3.05, 3.63) is 42.5 Å². The number of aromatic nitrogens is 2. The summed E-state index contributed by atoms with van der Waals surface area (Å²) in [6, 6.07) is 5.33. The molecule has 0 amide bonds. The van der Waals surface area contributed by atoms with Crippen molar-refractivity contribution in [2.45, 2.75) is 13.0 Å². The molecule has 0 radical (unpaired) electrons. The number of ether oxygens (including phenoxy) is 1. The molecule has 2 N–H and O–H groups in total. The van der Waals surface area contributed by atoms with Gasteiger partial charge in [-0.25, -0.2) is 9.97 Å². The van der Waals surface area contributed by atoms with Gasteiger partial charge < -0.3 is 15.2 Å². The molecule has 0 aliphatic carbocycles. The molecule has 1 aromatic heterocycles. The number of aromatic hydroxyl groups is 1. The Bertz CT molecular complexity index is 517. The molecule has 0 aliphatic heterocycles. The van der Waals surface area contributed by atoms with Crippen LogP contribution >= 0.6 is 0 Å². The van der Waals surface area contributed by atoms with Crippen LogP contribution in [0.15, 0.2) is 36.9 Å². The van der Waals surface area contributed by atoms with Crippen molar-refractivity contribution in [2.24, 2.45) is 0 Å². The van der Waals surface area contributed by atoms with Crippen LogP contribution in [0.1, 0.15) is 18.5 Å². The number of phenols is 1. The van der Waals surface area contributed by atoms with Crippen molar-refractivity contribution in [1.82, 2.24) is 9.97 Å². The summed E-state index contributed by atoms with van der Waals surface area (Å²) in [5.74, 6) is 0.599. The summed E-state index contributed by atoms with van der Waals surface area (Å²) in [7, 11) is 1.53. The molecule has 2 aromatic rings. The SMILES string of the molecule is COc1cc(C(C)Nc2cncnc2)ccc1O. The number of anilines is 1. The van der Waals surface area contributed by atoms with Gasteiger partial charge in [0.15, 0.2) is 11.5 Å². The van der Waals surface area contributed by atoms with Crippen molar-refractivity contribution in [2.75, 3.05) is 12.4 Å². The molecule has 0 bridgehead atoms. The first-order valence-corrected chi connectivity index (χ1v) is 5.59. The van der Waals surface area contributed by atoms with Crippen molar-refractivity contribution >= 4 is 5.69 Å². The van der Waals surface area contributed by atoms with Crippen LogP contribution in [0.5, 0.6) is 11.5 Å². The molecule has 0 fully saturated rings. The lowest BCUT2D eigenvalue weighted by Gasteiger charge is -2.16. The van der Waals surface area contributed by atoms with Gasteiger partial charge in [0.05, 0.1) is 25.2 Å². The van der Waals surface area contributed by atoms with Crippen LogP contribution < -0.4 is 10.1 Å². The molecule has 1 heterocycles. The maximum atomic E-state index is 9.54. The standard InChI is InChI=1S/C13H15N3O2/c1-9(16-11-6-14-8-15-7-11)10-3-4-12(17)13(5-10)18-2/h3-9,16-17H,1-2H3. The fraction of sp³-hybridized carbons (Fsp3) is 0.231. The molecule has 0 spiro atoms. The van der Waals surface area contributed by atoms with E-state index < -0.39 is 0 Å². The Morgan fingerprint density at radius 2 is 2.00 bits per heavy atom. The summed E-state index contributed by atoms with van der Waals surface area (Å²) in [6.07, 6.45) is 4.90. The maximum Gasteiger partial charge on any atom is 0.160 e. The Labute approximate surface area is 105 Å². The van der Waals surface area contributed by atoms with Crippen molar-refractivity contribution in [3.8, 4) is 11.5 Å². The number of hydrogen-bond acceptors (Lipinski definition) is 5. The van der Waals surface area contributed by atoms with Crippen LogP contribution in [-0.2, 0) is 0 Å². The summed E-state index contributed by atoms with van der Waals surface area (Å²) in [5.41, 5.74) is 1.85. The van der Waals surface area contributed by atoms with Gasteiger partial charge in [0.2, 0.25) is 0 Å². The Kier molecular flexibility index (Phi) is 3.62. The zero-order valence-corrected chi connectivity index (χ0v) is 10.3. The second kappa shape index (κ2) is 5.35. The summed E-state index contributed by atoms with van der Waals surface area (Å²) in [4.78, 5) is 7.88. The Morgan fingerprint density at radius 1 is 1.28 bits per heavy atom. The molecule has 1 unspecified atom stereocenters. The highest BCUT2D eigenvalue weighted by Crippen LogP contribution is 2.29. The van der Waals surface area contributed by atoms with Crippen LogP contribution in [0.2, 0.25) is 0 Å². The smallest absolute Gasteiger partial charge is 0.160 e. The molecule has 0 saturated heterocycles. The Balaban J connectivity index is 2.16. The number of phenolic OH excluding ortho intramolecular Hbond substituents is 1. The average molecular weight is 245 g/mol. The fourth-order valence-electron chi connectivity index (χ4n) is 1.67. The predicted octanol–water partition coefficient (Wildman–Crippen LogP) is 2.36. The lowest BCUT2D eigenvalue weighted by Crippen LogP contribution is -2.07. The number of hydrogen-bond donors (Lipinski definition) is 2. The molecule has 5 nitrogen and oxygen atoms in total. The first-order valence-electron chi connectivity index (χ1n) is 5.59. The molecular weight excluding hydrogens is 230 g/mol. The van der Waals surface area contributed by atoms with E-state index in [-0.39, 0.29) is 11.8 Å². The van der Waals surface area contributed by atoms with Gasteiger partial charge in [-0.05, 0) is 24.6 Å². The highest BCUT2D eigenvalue weighted by atomic mass is 16.5. The third kappa shape index (κ3) is 2.68. The van der Waals surface area contributed by atoms with E-state index in [4.69, 9.17) is 4.74 Å². The predicted molar refractivity (Wildman–Crippen MR) is 68.7 cm³/mol. The minimum absolute atomic E-state index is 0.0606. The molecule has 2 rings (SSSR count). The first kappa shape index (κ1) is 12.2. The van der Waals surface area contributed by atoms with Gasteiger partial charge in [-0.15, -0.1) is 0 Å². The molecule has 1 aromatic carbocycles. The molecule has 18 heavy (non-hydrogen) atoms. The largest absolute Gasteiger partial charge is 0.504 e. The van der Waals surface area contributed by atoms with Gasteiger partial charge in [-0.1, -0.05) is 6.07 Å². The number of rotatable bonds is 4. The second-order valence-electron chi connectivity index (χ2n) is 3.92. The highest BCUT2D eigenvalue weighted by Gasteiger charge is 2.09.